The summed E-state index contributed by atoms with van der Waals surface area (Å²) in [6.45, 7) is 3.15. The number of carbonyl (C=O) groups is 2. The summed E-state index contributed by atoms with van der Waals surface area (Å²) in [5, 5.41) is 0. The lowest BCUT2D eigenvalue weighted by molar-refractivity contribution is -0.133. The highest BCUT2D eigenvalue weighted by molar-refractivity contribution is 5.79. The van der Waals surface area contributed by atoms with E-state index in [0.717, 1.165) is 19.4 Å². The molecule has 17 heavy (non-hydrogen) atoms. The molecule has 0 aromatic rings. The number of hydrogen-bond donors (Lipinski definition) is 1. The van der Waals surface area contributed by atoms with E-state index in [9.17, 15) is 9.59 Å². The largest absolute Gasteiger partial charge is 0.383 e. The Kier molecular flexibility index (Phi) is 5.41. The van der Waals surface area contributed by atoms with Gasteiger partial charge >= 0.3 is 0 Å². The van der Waals surface area contributed by atoms with Crippen LogP contribution in [0.2, 0.25) is 0 Å². The minimum atomic E-state index is -0.340. The molecule has 1 saturated heterocycles. The number of ether oxygens (including phenoxy) is 1. The Morgan fingerprint density at radius 1 is 1.53 bits per heavy atom. The van der Waals surface area contributed by atoms with E-state index < -0.39 is 0 Å². The van der Waals surface area contributed by atoms with Crippen LogP contribution in [0.3, 0.4) is 0 Å². The van der Waals surface area contributed by atoms with Crippen molar-refractivity contribution in [1.29, 1.82) is 0 Å². The Bertz CT molecular complexity index is 281. The molecule has 5 heteroatoms. The number of nitrogens with zero attached hydrogens (tertiary/aromatic N) is 1. The van der Waals surface area contributed by atoms with Gasteiger partial charge in [-0.2, -0.15) is 0 Å². The zero-order valence-corrected chi connectivity index (χ0v) is 10.6. The fraction of sp³-hybridized carbons (Fsp3) is 0.833. The third kappa shape index (κ3) is 4.00. The van der Waals surface area contributed by atoms with Gasteiger partial charge in [0, 0.05) is 26.0 Å². The van der Waals surface area contributed by atoms with Crippen molar-refractivity contribution >= 4 is 11.8 Å². The Morgan fingerprint density at radius 2 is 2.24 bits per heavy atom. The maximum Gasteiger partial charge on any atom is 0.222 e. The molecule has 0 unspecified atom stereocenters. The highest BCUT2D eigenvalue weighted by atomic mass is 16.5. The van der Waals surface area contributed by atoms with Crippen LogP contribution in [0, 0.1) is 5.92 Å². The zero-order chi connectivity index (χ0) is 12.8. The second-order valence-electron chi connectivity index (χ2n) is 4.68. The van der Waals surface area contributed by atoms with Gasteiger partial charge < -0.3 is 15.4 Å². The van der Waals surface area contributed by atoms with Crippen molar-refractivity contribution < 1.29 is 14.3 Å². The monoisotopic (exact) mass is 242 g/mol. The van der Waals surface area contributed by atoms with Crippen LogP contribution in [0.5, 0.6) is 0 Å². The van der Waals surface area contributed by atoms with Gasteiger partial charge in [0.05, 0.1) is 12.6 Å². The third-order valence-electron chi connectivity index (χ3n) is 3.33. The molecule has 0 aromatic heterocycles. The standard InChI is InChI=1S/C12H22N2O3/c1-9(12(13)16)5-6-11(15)14-7-3-4-10(14)8-17-2/h9-10H,3-8H2,1-2H3,(H2,13,16)/t9-,10+/m0/s1. The van der Waals surface area contributed by atoms with Crippen molar-refractivity contribution in [2.24, 2.45) is 11.7 Å². The van der Waals surface area contributed by atoms with Gasteiger partial charge in [-0.1, -0.05) is 6.92 Å². The van der Waals surface area contributed by atoms with Crippen molar-refractivity contribution in [2.75, 3.05) is 20.3 Å². The van der Waals surface area contributed by atoms with Crippen LogP contribution in [-0.2, 0) is 14.3 Å². The molecule has 0 aliphatic carbocycles. The van der Waals surface area contributed by atoms with Gasteiger partial charge in [0.1, 0.15) is 0 Å². The summed E-state index contributed by atoms with van der Waals surface area (Å²) in [6.07, 6.45) is 2.96. The third-order valence-corrected chi connectivity index (χ3v) is 3.33. The lowest BCUT2D eigenvalue weighted by atomic mass is 10.0. The Balaban J connectivity index is 2.38. The average Bonchev–Trinajstić information content (AvgIpc) is 2.74. The maximum atomic E-state index is 12.0. The second-order valence-corrected chi connectivity index (χ2v) is 4.68. The molecule has 0 bridgehead atoms. The molecular weight excluding hydrogens is 220 g/mol. The van der Waals surface area contributed by atoms with Crippen LogP contribution >= 0.6 is 0 Å². The predicted molar refractivity (Wildman–Crippen MR) is 64.2 cm³/mol. The van der Waals surface area contributed by atoms with Crippen molar-refractivity contribution in [3.63, 3.8) is 0 Å². The minimum Gasteiger partial charge on any atom is -0.383 e. The van der Waals surface area contributed by atoms with Gasteiger partial charge in [0.2, 0.25) is 11.8 Å². The molecule has 1 aliphatic rings. The number of likely N-dealkylation sites (tertiary alicyclic amines) is 1. The van der Waals surface area contributed by atoms with Crippen LogP contribution in [0.4, 0.5) is 0 Å². The van der Waals surface area contributed by atoms with Crippen molar-refractivity contribution in [3.8, 4) is 0 Å². The molecule has 1 aliphatic heterocycles. The van der Waals surface area contributed by atoms with Gasteiger partial charge in [0.15, 0.2) is 0 Å². The molecule has 2 amide bonds. The highest BCUT2D eigenvalue weighted by Crippen LogP contribution is 2.19. The smallest absolute Gasteiger partial charge is 0.222 e. The van der Waals surface area contributed by atoms with E-state index in [1.807, 2.05) is 4.90 Å². The number of hydrogen-bond acceptors (Lipinski definition) is 3. The fourth-order valence-corrected chi connectivity index (χ4v) is 2.16. The number of amides is 2. The number of nitrogens with two attached hydrogens (primary N) is 1. The van der Waals surface area contributed by atoms with Gasteiger partial charge in [-0.05, 0) is 19.3 Å². The van der Waals surface area contributed by atoms with Crippen molar-refractivity contribution in [1.82, 2.24) is 4.90 Å². The molecule has 5 nitrogen and oxygen atoms in total. The minimum absolute atomic E-state index is 0.109. The Hall–Kier alpha value is -1.10. The summed E-state index contributed by atoms with van der Waals surface area (Å²) >= 11 is 0. The van der Waals surface area contributed by atoms with Crippen LogP contribution in [-0.4, -0.2) is 43.0 Å². The van der Waals surface area contributed by atoms with E-state index >= 15 is 0 Å². The highest BCUT2D eigenvalue weighted by Gasteiger charge is 2.28. The second kappa shape index (κ2) is 6.59. The van der Waals surface area contributed by atoms with Gasteiger partial charge in [-0.3, -0.25) is 9.59 Å². The van der Waals surface area contributed by atoms with Gasteiger partial charge in [0.25, 0.3) is 0 Å². The molecule has 1 rings (SSSR count). The van der Waals surface area contributed by atoms with E-state index in [1.165, 1.54) is 0 Å². The SMILES string of the molecule is COC[C@H]1CCCN1C(=O)CC[C@H](C)C(N)=O. The quantitative estimate of drug-likeness (QED) is 0.738. The normalized spacial score (nSPS) is 21.5. The van der Waals surface area contributed by atoms with Crippen LogP contribution in [0.25, 0.3) is 0 Å². The number of rotatable bonds is 6. The first-order valence-corrected chi connectivity index (χ1v) is 6.14. The van der Waals surface area contributed by atoms with E-state index in [0.29, 0.717) is 19.4 Å². The lowest BCUT2D eigenvalue weighted by Crippen LogP contribution is -2.38. The van der Waals surface area contributed by atoms with Crippen molar-refractivity contribution in [2.45, 2.75) is 38.6 Å². The van der Waals surface area contributed by atoms with E-state index in [2.05, 4.69) is 0 Å². The molecule has 0 spiro atoms. The van der Waals surface area contributed by atoms with Gasteiger partial charge in [-0.15, -0.1) is 0 Å². The first kappa shape index (κ1) is 14.0. The van der Waals surface area contributed by atoms with Crippen LogP contribution < -0.4 is 5.73 Å². The van der Waals surface area contributed by atoms with Crippen molar-refractivity contribution in [3.05, 3.63) is 0 Å². The molecule has 2 atom stereocenters. The fourth-order valence-electron chi connectivity index (χ4n) is 2.16. The number of primary amides is 1. The van der Waals surface area contributed by atoms with E-state index in [-0.39, 0.29) is 23.8 Å². The molecule has 2 N–H and O–H groups in total. The molecule has 1 heterocycles. The molecular formula is C12H22N2O3. The first-order valence-electron chi connectivity index (χ1n) is 6.14. The number of methoxy groups -OCH3 is 1. The molecule has 98 valence electrons. The summed E-state index contributed by atoms with van der Waals surface area (Å²) in [6, 6.07) is 0.205. The summed E-state index contributed by atoms with van der Waals surface area (Å²) in [5.74, 6) is -0.465. The molecule has 0 saturated carbocycles. The van der Waals surface area contributed by atoms with Gasteiger partial charge in [-0.25, -0.2) is 0 Å². The predicted octanol–water partition coefficient (Wildman–Crippen LogP) is 0.525. The van der Waals surface area contributed by atoms with E-state index in [1.54, 1.807) is 14.0 Å². The average molecular weight is 242 g/mol. The maximum absolute atomic E-state index is 12.0. The summed E-state index contributed by atoms with van der Waals surface area (Å²) in [5.41, 5.74) is 5.17. The summed E-state index contributed by atoms with van der Waals surface area (Å²) in [4.78, 5) is 24.7. The molecule has 1 fully saturated rings. The van der Waals surface area contributed by atoms with Crippen LogP contribution in [0.1, 0.15) is 32.6 Å². The molecule has 0 radical (unpaired) electrons. The number of carbonyl (C=O) groups excluding carboxylic acids is 2. The van der Waals surface area contributed by atoms with E-state index in [4.69, 9.17) is 10.5 Å². The lowest BCUT2D eigenvalue weighted by Gasteiger charge is -2.24. The van der Waals surface area contributed by atoms with Crippen LogP contribution in [0.15, 0.2) is 0 Å². The Morgan fingerprint density at radius 3 is 2.82 bits per heavy atom. The Labute approximate surface area is 102 Å². The summed E-state index contributed by atoms with van der Waals surface area (Å²) in [7, 11) is 1.65. The molecule has 0 aromatic carbocycles. The zero-order valence-electron chi connectivity index (χ0n) is 10.6. The topological polar surface area (TPSA) is 72.6 Å². The first-order chi connectivity index (χ1) is 8.06. The summed E-state index contributed by atoms with van der Waals surface area (Å²) < 4.78 is 5.10.